The number of amides is 3. The standard InChI is InChI=1S/C23H31N9O.C16H23ClN6O2.C12H17N3O.C7H15N.C5H2Cl2N4/c1-16(33)30-10-12-31(13-11-30)19-4-2-18(3-5-19)27-23-28-21-20(25-15-26-21)22(29-23)32-8-6-17(14-24)7-9-32;1-16(2,3)25-15(24)18-8-10-4-6-23(7-5-10)13-11-12(20-9-19-11)21-14(17)22-13;1-10(16)14-6-8-15(9-7-14)12-4-2-11(13)3-5-12;1-2-7-3-5-8-6-4-7;6-3-2-4(9-1-8-2)11-5(7)10-3/h2-5,15,17H,6-14,24H2,1H3,(H2,25,26,27,28,29);9-10H,4-8H2,1-3H3,(H,18,24)(H,19,20,21,22);2-5H,6-9,13H2,1H3;7-8H,2-6H2,1H3;1H,(H,8,9,10,11). The van der Waals surface area contributed by atoms with E-state index < -0.39 is 5.60 Å². The van der Waals surface area contributed by atoms with E-state index in [0.717, 1.165) is 156 Å². The first-order valence-corrected chi connectivity index (χ1v) is 33.1. The van der Waals surface area contributed by atoms with Gasteiger partial charge in [-0.25, -0.2) is 24.7 Å². The number of piperazine rings is 2. The Balaban J connectivity index is 0.000000149. The van der Waals surface area contributed by atoms with E-state index in [1.54, 1.807) is 26.5 Å². The van der Waals surface area contributed by atoms with Gasteiger partial charge in [0.25, 0.3) is 0 Å². The molecule has 30 heteroatoms. The number of nitrogens with two attached hydrogens (primary N) is 2. The van der Waals surface area contributed by atoms with E-state index in [9.17, 15) is 14.4 Å². The maximum atomic E-state index is 11.8. The lowest BCUT2D eigenvalue weighted by Crippen LogP contribution is -2.48. The van der Waals surface area contributed by atoms with Crippen LogP contribution in [0.15, 0.2) is 67.5 Å². The van der Waals surface area contributed by atoms with Crippen LogP contribution in [0, 0.1) is 17.8 Å². The number of alkyl carbamates (subject to hydrolysis) is 1. The third-order valence-corrected chi connectivity index (χ3v) is 17.7. The molecule has 5 aliphatic rings. The lowest BCUT2D eigenvalue weighted by Gasteiger charge is -2.35. The van der Waals surface area contributed by atoms with Crippen molar-refractivity contribution < 1.29 is 19.1 Å². The first-order chi connectivity index (χ1) is 44.8. The minimum atomic E-state index is -0.477. The summed E-state index contributed by atoms with van der Waals surface area (Å²) < 4.78 is 5.27. The molecule has 0 aliphatic carbocycles. The minimum Gasteiger partial charge on any atom is -0.444 e. The van der Waals surface area contributed by atoms with Crippen molar-refractivity contribution in [3.05, 3.63) is 83.2 Å². The summed E-state index contributed by atoms with van der Waals surface area (Å²) in [6.07, 6.45) is 12.6. The smallest absolute Gasteiger partial charge is 0.407 e. The van der Waals surface area contributed by atoms with E-state index in [1.165, 1.54) is 44.4 Å². The number of aromatic nitrogens is 12. The number of carbonyl (C=O) groups is 3. The second-order valence-corrected chi connectivity index (χ2v) is 25.6. The number of nitrogens with zero attached hydrogens (tertiary/aromatic N) is 15. The molecule has 2 aromatic carbocycles. The van der Waals surface area contributed by atoms with Gasteiger partial charge in [-0.2, -0.15) is 24.9 Å². The van der Waals surface area contributed by atoms with Crippen LogP contribution in [0.4, 0.5) is 45.1 Å². The van der Waals surface area contributed by atoms with Crippen molar-refractivity contribution in [2.24, 2.45) is 23.5 Å². The molecule has 8 aromatic rings. The molecule has 13 rings (SSSR count). The molecule has 0 unspecified atom stereocenters. The fourth-order valence-electron chi connectivity index (χ4n) is 11.6. The van der Waals surface area contributed by atoms with E-state index >= 15 is 0 Å². The van der Waals surface area contributed by atoms with Crippen molar-refractivity contribution in [3.8, 4) is 0 Å². The molecule has 0 atom stereocenters. The maximum Gasteiger partial charge on any atom is 0.407 e. The number of aromatic amines is 3. The Bertz CT molecular complexity index is 3660. The Morgan fingerprint density at radius 1 is 0.570 bits per heavy atom. The molecular formula is C63H88Cl3N23O4. The summed E-state index contributed by atoms with van der Waals surface area (Å²) in [5.74, 6) is 4.54. The highest BCUT2D eigenvalue weighted by atomic mass is 35.5. The number of imidazole rings is 3. The van der Waals surface area contributed by atoms with Gasteiger partial charge in [-0.3, -0.25) is 9.59 Å². The number of nitrogen functional groups attached to an aromatic ring is 1. The predicted molar refractivity (Wildman–Crippen MR) is 369 cm³/mol. The summed E-state index contributed by atoms with van der Waals surface area (Å²) in [6, 6.07) is 16.1. The topological polar surface area (TPSA) is 331 Å². The zero-order valence-corrected chi connectivity index (χ0v) is 56.2. The zero-order valence-electron chi connectivity index (χ0n) is 54.0. The van der Waals surface area contributed by atoms with Gasteiger partial charge in [0.15, 0.2) is 33.7 Å². The molecule has 3 amide bonds. The van der Waals surface area contributed by atoms with Crippen LogP contribution in [0.25, 0.3) is 33.5 Å². The third-order valence-electron chi connectivity index (χ3n) is 17.0. The molecule has 5 saturated heterocycles. The lowest BCUT2D eigenvalue weighted by atomic mass is 9.96. The molecule has 0 spiro atoms. The Kier molecular flexibility index (Phi) is 24.7. The number of H-pyrrole nitrogens is 3. The van der Waals surface area contributed by atoms with Crippen LogP contribution in [-0.4, -0.2) is 198 Å². The Hall–Kier alpha value is -8.11. The van der Waals surface area contributed by atoms with Crippen LogP contribution in [0.3, 0.4) is 0 Å². The first-order valence-electron chi connectivity index (χ1n) is 32.0. The number of ether oxygens (including phenoxy) is 1. The lowest BCUT2D eigenvalue weighted by molar-refractivity contribution is -0.129. The molecule has 5 fully saturated rings. The number of benzene rings is 2. The Morgan fingerprint density at radius 2 is 1.03 bits per heavy atom. The molecule has 0 saturated carbocycles. The molecule has 93 heavy (non-hydrogen) atoms. The largest absolute Gasteiger partial charge is 0.444 e. The monoisotopic (exact) mass is 1340 g/mol. The molecular weight excluding hydrogens is 1250 g/mol. The van der Waals surface area contributed by atoms with Crippen molar-refractivity contribution in [2.45, 2.75) is 92.1 Å². The summed E-state index contributed by atoms with van der Waals surface area (Å²) in [4.78, 5) is 94.2. The third kappa shape index (κ3) is 20.0. The fraction of sp³-hybridized carbons (Fsp3) is 0.524. The molecule has 500 valence electrons. The number of nitrogens with one attached hydrogen (secondary N) is 6. The van der Waals surface area contributed by atoms with Gasteiger partial charge < -0.3 is 76.5 Å². The van der Waals surface area contributed by atoms with Crippen molar-refractivity contribution in [2.75, 3.05) is 135 Å². The van der Waals surface area contributed by atoms with Crippen LogP contribution >= 0.6 is 34.8 Å². The van der Waals surface area contributed by atoms with Gasteiger partial charge in [0.2, 0.25) is 28.3 Å². The number of anilines is 7. The van der Waals surface area contributed by atoms with Gasteiger partial charge in [-0.15, -0.1) is 0 Å². The van der Waals surface area contributed by atoms with Gasteiger partial charge in [0.05, 0.1) is 19.0 Å². The minimum absolute atomic E-state index is 0.106. The summed E-state index contributed by atoms with van der Waals surface area (Å²) in [5.41, 5.74) is 19.0. The quantitative estimate of drug-likeness (QED) is 0.0360. The average molecular weight is 1340 g/mol. The van der Waals surface area contributed by atoms with E-state index in [1.807, 2.05) is 67.0 Å². The van der Waals surface area contributed by atoms with Crippen molar-refractivity contribution in [3.63, 3.8) is 0 Å². The van der Waals surface area contributed by atoms with Crippen molar-refractivity contribution >= 4 is 127 Å². The van der Waals surface area contributed by atoms with E-state index in [4.69, 9.17) is 56.0 Å². The van der Waals surface area contributed by atoms with E-state index in [2.05, 4.69) is 109 Å². The second-order valence-electron chi connectivity index (χ2n) is 24.6. The number of fused-ring (bicyclic) bond motifs is 3. The fourth-order valence-corrected chi connectivity index (χ4v) is 12.2. The Morgan fingerprint density at radius 3 is 1.52 bits per heavy atom. The first kappa shape index (κ1) is 69.2. The number of halogens is 3. The van der Waals surface area contributed by atoms with Crippen molar-refractivity contribution in [1.29, 1.82) is 0 Å². The van der Waals surface area contributed by atoms with Gasteiger partial charge in [0.1, 0.15) is 22.2 Å². The molecule has 6 aromatic heterocycles. The van der Waals surface area contributed by atoms with Gasteiger partial charge in [-0.1, -0.05) is 24.9 Å². The average Bonchev–Trinajstić information content (AvgIpc) is 1.79. The zero-order chi connectivity index (χ0) is 66.0. The maximum absolute atomic E-state index is 11.8. The molecule has 0 radical (unpaired) electrons. The number of piperidine rings is 3. The van der Waals surface area contributed by atoms with Crippen LogP contribution in [-0.2, 0) is 14.3 Å². The summed E-state index contributed by atoms with van der Waals surface area (Å²) >= 11 is 17.2. The molecule has 10 N–H and O–H groups in total. The van der Waals surface area contributed by atoms with Crippen LogP contribution < -0.4 is 47.0 Å². The second kappa shape index (κ2) is 33.1. The summed E-state index contributed by atoms with van der Waals surface area (Å²) in [5, 5.41) is 10.1. The number of rotatable bonds is 10. The summed E-state index contributed by atoms with van der Waals surface area (Å²) in [7, 11) is 0. The molecule has 5 aliphatic heterocycles. The molecule has 27 nitrogen and oxygen atoms in total. The Labute approximate surface area is 557 Å². The highest BCUT2D eigenvalue weighted by Crippen LogP contribution is 2.31. The van der Waals surface area contributed by atoms with E-state index in [-0.39, 0.29) is 33.6 Å². The van der Waals surface area contributed by atoms with Gasteiger partial charge in [0, 0.05) is 122 Å². The van der Waals surface area contributed by atoms with Crippen LogP contribution in [0.2, 0.25) is 15.7 Å². The van der Waals surface area contributed by atoms with Gasteiger partial charge >= 0.3 is 6.09 Å². The number of hydrogen-bond acceptors (Lipinski definition) is 21. The molecule has 0 bridgehead atoms. The highest BCUT2D eigenvalue weighted by Gasteiger charge is 2.27. The van der Waals surface area contributed by atoms with Crippen LogP contribution in [0.5, 0.6) is 0 Å². The summed E-state index contributed by atoms with van der Waals surface area (Å²) in [6.45, 7) is 25.1. The highest BCUT2D eigenvalue weighted by molar-refractivity contribution is 6.35. The SMILES string of the molecule is CC(=O)N1CCN(c2ccc(N)cc2)CC1.CC(=O)N1CCN(c2ccc(Nc3nc(N4CCC(CN)CC4)c4[nH]cnc4n3)cc2)CC1.CC(C)(C)OC(=O)NCC1CCN(c2nc(Cl)nc3nc[nH]c23)CC1.CCC1CCNCC1.Clc1nc(Cl)c2[nH]cnc2n1. The van der Waals surface area contributed by atoms with Crippen molar-refractivity contribution in [1.82, 2.24) is 80.2 Å². The predicted octanol–water partition coefficient (Wildman–Crippen LogP) is 8.68. The van der Waals surface area contributed by atoms with E-state index in [0.29, 0.717) is 46.8 Å². The van der Waals surface area contributed by atoms with Crippen LogP contribution in [0.1, 0.15) is 86.5 Å². The number of carbonyl (C=O) groups excluding carboxylic acids is 3. The van der Waals surface area contributed by atoms with Gasteiger partial charge in [-0.05, 0) is 168 Å². The number of hydrogen-bond donors (Lipinski definition) is 8. The normalized spacial score (nSPS) is 16.7. The molecule has 11 heterocycles.